The molecule has 218 valence electrons. The van der Waals surface area contributed by atoms with E-state index in [1.165, 1.54) is 0 Å². The van der Waals surface area contributed by atoms with Crippen molar-refractivity contribution in [3.8, 4) is 11.6 Å². The van der Waals surface area contributed by atoms with Crippen LogP contribution in [-0.4, -0.2) is 74.1 Å². The zero-order valence-corrected chi connectivity index (χ0v) is 22.1. The fourth-order valence-corrected chi connectivity index (χ4v) is 4.57. The van der Waals surface area contributed by atoms with E-state index in [0.29, 0.717) is 23.5 Å². The fourth-order valence-electron chi connectivity index (χ4n) is 4.57. The van der Waals surface area contributed by atoms with E-state index >= 15 is 0 Å². The number of aliphatic hydroxyl groups excluding tert-OH is 4. The molecule has 1 aromatic heterocycles. The molecule has 1 aliphatic heterocycles. The van der Waals surface area contributed by atoms with Crippen LogP contribution in [0.25, 0.3) is 0 Å². The van der Waals surface area contributed by atoms with E-state index in [1.807, 2.05) is 26.0 Å². The molecule has 0 aliphatic carbocycles. The van der Waals surface area contributed by atoms with Crippen molar-refractivity contribution in [3.63, 3.8) is 0 Å². The summed E-state index contributed by atoms with van der Waals surface area (Å²) in [5, 5.41) is 44.3. The predicted molar refractivity (Wildman–Crippen MR) is 137 cm³/mol. The molecule has 0 amide bonds. The summed E-state index contributed by atoms with van der Waals surface area (Å²) in [6.07, 6.45) is -12.5. The third kappa shape index (κ3) is 6.58. The first-order valence-corrected chi connectivity index (χ1v) is 13.0. The zero-order chi connectivity index (χ0) is 29.0. The van der Waals surface area contributed by atoms with Gasteiger partial charge < -0.3 is 34.6 Å². The van der Waals surface area contributed by atoms with Gasteiger partial charge in [0.1, 0.15) is 35.9 Å². The molecule has 2 heterocycles. The summed E-state index contributed by atoms with van der Waals surface area (Å²) in [4.78, 5) is 0. The van der Waals surface area contributed by atoms with Gasteiger partial charge in [-0.25, -0.2) is 0 Å². The van der Waals surface area contributed by atoms with Gasteiger partial charge in [-0.2, -0.15) is 13.2 Å². The van der Waals surface area contributed by atoms with Crippen LogP contribution >= 0.6 is 0 Å². The summed E-state index contributed by atoms with van der Waals surface area (Å²) in [7, 11) is 0. The first-order valence-electron chi connectivity index (χ1n) is 13.0. The molecule has 0 unspecified atom stereocenters. The maximum absolute atomic E-state index is 14.6. The van der Waals surface area contributed by atoms with Crippen LogP contribution in [0.15, 0.2) is 48.5 Å². The Morgan fingerprint density at radius 2 is 1.52 bits per heavy atom. The summed E-state index contributed by atoms with van der Waals surface area (Å²) in [5.74, 6) is 0.118. The van der Waals surface area contributed by atoms with Crippen molar-refractivity contribution in [2.75, 3.05) is 13.2 Å². The van der Waals surface area contributed by atoms with Gasteiger partial charge in [-0.3, -0.25) is 4.68 Å². The highest BCUT2D eigenvalue weighted by atomic mass is 19.4. The van der Waals surface area contributed by atoms with Gasteiger partial charge in [-0.1, -0.05) is 43.3 Å². The van der Waals surface area contributed by atoms with Crippen LogP contribution in [0.5, 0.6) is 11.6 Å². The topological polar surface area (TPSA) is 126 Å². The summed E-state index contributed by atoms with van der Waals surface area (Å²) >= 11 is 0. The summed E-state index contributed by atoms with van der Waals surface area (Å²) in [6.45, 7) is 3.26. The van der Waals surface area contributed by atoms with E-state index in [9.17, 15) is 33.6 Å². The lowest BCUT2D eigenvalue weighted by atomic mass is 9.99. The molecule has 1 aliphatic rings. The van der Waals surface area contributed by atoms with Crippen LogP contribution in [-0.2, 0) is 30.3 Å². The van der Waals surface area contributed by atoms with Crippen molar-refractivity contribution >= 4 is 0 Å². The molecule has 5 atom stereocenters. The first-order chi connectivity index (χ1) is 19.0. The third-order valence-corrected chi connectivity index (χ3v) is 6.74. The van der Waals surface area contributed by atoms with Gasteiger partial charge in [-0.15, -0.1) is 5.10 Å². The second-order valence-corrected chi connectivity index (χ2v) is 9.53. The molecule has 40 heavy (non-hydrogen) atoms. The molecule has 0 spiro atoms. The number of rotatable bonds is 10. The predicted octanol–water partition coefficient (Wildman–Crippen LogP) is 2.68. The van der Waals surface area contributed by atoms with E-state index in [0.717, 1.165) is 16.7 Å². The third-order valence-electron chi connectivity index (χ3n) is 6.74. The van der Waals surface area contributed by atoms with Gasteiger partial charge in [0.2, 0.25) is 12.2 Å². The Kier molecular flexibility index (Phi) is 9.37. The molecule has 0 saturated carbocycles. The van der Waals surface area contributed by atoms with Crippen LogP contribution in [0.1, 0.15) is 41.8 Å². The average molecular weight is 567 g/mol. The van der Waals surface area contributed by atoms with E-state index in [1.54, 1.807) is 36.4 Å². The lowest BCUT2D eigenvalue weighted by Gasteiger charge is -2.39. The number of hydrogen-bond acceptors (Lipinski definition) is 8. The van der Waals surface area contributed by atoms with Crippen LogP contribution in [0.4, 0.5) is 13.2 Å². The van der Waals surface area contributed by atoms with Crippen LogP contribution < -0.4 is 9.47 Å². The van der Waals surface area contributed by atoms with E-state index in [2.05, 4.69) is 5.10 Å². The lowest BCUT2D eigenvalue weighted by Crippen LogP contribution is -2.60. The first kappa shape index (κ1) is 29.8. The standard InChI is InChI=1S/C28H33F3N2O7/c1-3-16-5-7-17(8-6-16)13-20-25(28(29,30)31)33(14-18-9-11-19(12-10-18)38-4-2)32-26(20)40-27-24(37)23(36)22(35)21(15-34)39-27/h5-12,21-24,27,34-37H,3-4,13-15H2,1-2H3/t21-,22-,23+,24-,27-/m1/s1. The molecule has 1 saturated heterocycles. The second-order valence-electron chi connectivity index (χ2n) is 9.53. The van der Waals surface area contributed by atoms with Crippen LogP contribution in [0.2, 0.25) is 0 Å². The van der Waals surface area contributed by atoms with E-state index < -0.39 is 55.1 Å². The number of aromatic nitrogens is 2. The highest BCUT2D eigenvalue weighted by molar-refractivity contribution is 5.40. The van der Waals surface area contributed by atoms with Gasteiger partial charge in [0.25, 0.3) is 0 Å². The largest absolute Gasteiger partial charge is 0.494 e. The summed E-state index contributed by atoms with van der Waals surface area (Å²) in [6, 6.07) is 13.7. The van der Waals surface area contributed by atoms with Crippen LogP contribution in [0, 0.1) is 0 Å². The van der Waals surface area contributed by atoms with E-state index in [-0.39, 0.29) is 18.5 Å². The molecule has 0 bridgehead atoms. The maximum Gasteiger partial charge on any atom is 0.433 e. The number of aryl methyl sites for hydroxylation is 1. The number of hydrogen-bond donors (Lipinski definition) is 4. The molecular weight excluding hydrogens is 533 g/mol. The molecule has 2 aromatic carbocycles. The molecule has 9 nitrogen and oxygen atoms in total. The minimum absolute atomic E-state index is 0.200. The summed E-state index contributed by atoms with van der Waals surface area (Å²) in [5.41, 5.74) is 0.778. The summed E-state index contributed by atoms with van der Waals surface area (Å²) < 4.78 is 61.0. The smallest absolute Gasteiger partial charge is 0.433 e. The zero-order valence-electron chi connectivity index (χ0n) is 22.1. The molecule has 12 heteroatoms. The Hall–Kier alpha value is -3.16. The van der Waals surface area contributed by atoms with Gasteiger partial charge >= 0.3 is 6.18 Å². The number of nitrogens with zero attached hydrogens (tertiary/aromatic N) is 2. The number of aliphatic hydroxyl groups is 4. The van der Waals surface area contributed by atoms with Crippen molar-refractivity contribution in [1.82, 2.24) is 9.78 Å². The SMILES string of the molecule is CCOc1ccc(Cn2nc(O[C@H]3O[C@H](CO)[C@@H](O)[C@H](O)[C@H]3O)c(Cc3ccc(CC)cc3)c2C(F)(F)F)cc1. The minimum atomic E-state index is -4.83. The fraction of sp³-hybridized carbons (Fsp3) is 0.464. The monoisotopic (exact) mass is 566 g/mol. The average Bonchev–Trinajstić information content (AvgIpc) is 3.27. The quantitative estimate of drug-likeness (QED) is 0.295. The Balaban J connectivity index is 1.75. The number of halogens is 3. The Bertz CT molecular complexity index is 1250. The second kappa shape index (κ2) is 12.6. The molecule has 4 rings (SSSR count). The van der Waals surface area contributed by atoms with Crippen molar-refractivity contribution in [1.29, 1.82) is 0 Å². The minimum Gasteiger partial charge on any atom is -0.494 e. The Morgan fingerprint density at radius 1 is 0.900 bits per heavy atom. The normalized spacial score (nSPS) is 23.3. The Morgan fingerprint density at radius 3 is 2.10 bits per heavy atom. The van der Waals surface area contributed by atoms with Gasteiger partial charge in [0.05, 0.1) is 25.3 Å². The van der Waals surface area contributed by atoms with Crippen molar-refractivity contribution in [2.45, 2.75) is 70.1 Å². The lowest BCUT2D eigenvalue weighted by molar-refractivity contribution is -0.278. The van der Waals surface area contributed by atoms with E-state index in [4.69, 9.17) is 14.2 Å². The number of benzene rings is 2. The van der Waals surface area contributed by atoms with Crippen molar-refractivity contribution < 1.29 is 47.8 Å². The van der Waals surface area contributed by atoms with Gasteiger partial charge in [0, 0.05) is 6.42 Å². The van der Waals surface area contributed by atoms with Gasteiger partial charge in [0.15, 0.2) is 0 Å². The molecule has 4 N–H and O–H groups in total. The highest BCUT2D eigenvalue weighted by Crippen LogP contribution is 2.39. The molecular formula is C28H33F3N2O7. The maximum atomic E-state index is 14.6. The number of ether oxygens (including phenoxy) is 3. The molecule has 0 radical (unpaired) electrons. The number of alkyl halides is 3. The van der Waals surface area contributed by atoms with Crippen LogP contribution in [0.3, 0.4) is 0 Å². The van der Waals surface area contributed by atoms with Crippen molar-refractivity contribution in [3.05, 3.63) is 76.5 Å². The highest BCUT2D eigenvalue weighted by Gasteiger charge is 2.46. The Labute approximate surface area is 229 Å². The molecule has 3 aromatic rings. The van der Waals surface area contributed by atoms with Crippen molar-refractivity contribution in [2.24, 2.45) is 0 Å². The molecule has 1 fully saturated rings. The van der Waals surface area contributed by atoms with Gasteiger partial charge in [-0.05, 0) is 42.2 Å².